The van der Waals surface area contributed by atoms with Crippen molar-refractivity contribution in [2.45, 2.75) is 79.6 Å². The standard InChI is InChI=1S/C42H46/c1-27(2)26-42(7,36-22-34-16-10-18-38(40(34)24-36)32-14-8-12-30(20-32)28(3)4)37-23-35-17-11-19-39(41(35)25-37)33-15-9-13-31(21-33)29(5)6/h8-21,24-25,27-29H,22-23,26H2,1-7H3. The molecule has 0 aliphatic heterocycles. The first-order valence-electron chi connectivity index (χ1n) is 16.0. The maximum atomic E-state index is 2.56. The van der Waals surface area contributed by atoms with E-state index >= 15 is 0 Å². The van der Waals surface area contributed by atoms with Crippen molar-refractivity contribution in [3.8, 4) is 22.3 Å². The van der Waals surface area contributed by atoms with Gasteiger partial charge in [0.05, 0.1) is 0 Å². The average molecular weight is 551 g/mol. The van der Waals surface area contributed by atoms with Gasteiger partial charge >= 0.3 is 0 Å². The van der Waals surface area contributed by atoms with E-state index in [1.54, 1.807) is 11.1 Å². The van der Waals surface area contributed by atoms with Crippen molar-refractivity contribution < 1.29 is 0 Å². The van der Waals surface area contributed by atoms with Crippen LogP contribution in [-0.2, 0) is 12.8 Å². The number of rotatable bonds is 8. The molecule has 0 saturated heterocycles. The number of hydrogen-bond donors (Lipinski definition) is 0. The molecule has 0 nitrogen and oxygen atoms in total. The van der Waals surface area contributed by atoms with E-state index in [9.17, 15) is 0 Å². The Kier molecular flexibility index (Phi) is 7.61. The quantitative estimate of drug-likeness (QED) is 0.205. The molecule has 0 bridgehead atoms. The zero-order valence-corrected chi connectivity index (χ0v) is 26.6. The molecular weight excluding hydrogens is 504 g/mol. The van der Waals surface area contributed by atoms with Crippen molar-refractivity contribution in [3.63, 3.8) is 0 Å². The molecule has 42 heavy (non-hydrogen) atoms. The van der Waals surface area contributed by atoms with Crippen molar-refractivity contribution in [2.75, 3.05) is 0 Å². The van der Waals surface area contributed by atoms with Crippen LogP contribution in [-0.4, -0.2) is 0 Å². The lowest BCUT2D eigenvalue weighted by Crippen LogP contribution is -2.25. The fourth-order valence-corrected chi connectivity index (χ4v) is 7.36. The second-order valence-electron chi connectivity index (χ2n) is 13.9. The Hall–Kier alpha value is -3.64. The van der Waals surface area contributed by atoms with Crippen molar-refractivity contribution in [1.82, 2.24) is 0 Å². The molecule has 0 unspecified atom stereocenters. The van der Waals surface area contributed by atoms with E-state index in [1.807, 2.05) is 0 Å². The van der Waals surface area contributed by atoms with Gasteiger partial charge in [0, 0.05) is 5.41 Å². The van der Waals surface area contributed by atoms with Crippen LogP contribution < -0.4 is 0 Å². The second kappa shape index (κ2) is 11.2. The molecule has 0 radical (unpaired) electrons. The molecule has 0 amide bonds. The van der Waals surface area contributed by atoms with E-state index in [0.717, 1.165) is 19.3 Å². The Bertz CT molecular complexity index is 1570. The van der Waals surface area contributed by atoms with E-state index in [0.29, 0.717) is 17.8 Å². The molecule has 2 aliphatic carbocycles. The van der Waals surface area contributed by atoms with Gasteiger partial charge in [0.1, 0.15) is 0 Å². The summed E-state index contributed by atoms with van der Waals surface area (Å²) in [5.41, 5.74) is 17.1. The summed E-state index contributed by atoms with van der Waals surface area (Å²) in [6, 6.07) is 32.2. The summed E-state index contributed by atoms with van der Waals surface area (Å²) in [5, 5.41) is 0. The molecule has 2 aliphatic rings. The minimum Gasteiger partial charge on any atom is -0.0627 e. The normalized spacial score (nSPS) is 14.4. The minimum atomic E-state index is 0.0142. The third-order valence-electron chi connectivity index (χ3n) is 9.75. The topological polar surface area (TPSA) is 0 Å². The van der Waals surface area contributed by atoms with Gasteiger partial charge in [-0.15, -0.1) is 0 Å². The van der Waals surface area contributed by atoms with Crippen LogP contribution in [0.1, 0.15) is 100 Å². The lowest BCUT2D eigenvalue weighted by molar-refractivity contribution is 0.363. The van der Waals surface area contributed by atoms with Gasteiger partial charge in [-0.1, -0.05) is 157 Å². The first-order valence-corrected chi connectivity index (χ1v) is 16.0. The average Bonchev–Trinajstić information content (AvgIpc) is 3.62. The molecule has 0 heterocycles. The highest BCUT2D eigenvalue weighted by Gasteiger charge is 2.38. The molecule has 0 fully saturated rings. The SMILES string of the molecule is CC(C)CC(C)(C1=Cc2c(cccc2-c2cccc(C(C)C)c2)C1)C1=Cc2c(cccc2-c2cccc(C(C)C)c2)C1. The van der Waals surface area contributed by atoms with Gasteiger partial charge in [0.25, 0.3) is 0 Å². The summed E-state index contributed by atoms with van der Waals surface area (Å²) in [6.45, 7) is 16.4. The molecule has 6 rings (SSSR count). The molecule has 0 atom stereocenters. The first kappa shape index (κ1) is 28.5. The molecule has 0 aromatic heterocycles. The summed E-state index contributed by atoms with van der Waals surface area (Å²) in [6.07, 6.45) is 8.35. The molecule has 0 saturated carbocycles. The lowest BCUT2D eigenvalue weighted by atomic mass is 9.69. The predicted molar refractivity (Wildman–Crippen MR) is 183 cm³/mol. The minimum absolute atomic E-state index is 0.0142. The smallest absolute Gasteiger partial charge is 0.0108 e. The number of fused-ring (bicyclic) bond motifs is 2. The van der Waals surface area contributed by atoms with E-state index < -0.39 is 0 Å². The largest absolute Gasteiger partial charge is 0.0627 e. The van der Waals surface area contributed by atoms with E-state index in [1.165, 1.54) is 55.6 Å². The highest BCUT2D eigenvalue weighted by Crippen LogP contribution is 2.51. The van der Waals surface area contributed by atoms with Crippen molar-refractivity contribution in [3.05, 3.63) is 129 Å². The Morgan fingerprint density at radius 1 is 0.571 bits per heavy atom. The summed E-state index contributed by atoms with van der Waals surface area (Å²) >= 11 is 0. The zero-order chi connectivity index (χ0) is 29.6. The molecule has 4 aromatic rings. The Balaban J connectivity index is 1.42. The highest BCUT2D eigenvalue weighted by atomic mass is 14.4. The van der Waals surface area contributed by atoms with Crippen molar-refractivity contribution in [2.24, 2.45) is 11.3 Å². The van der Waals surface area contributed by atoms with Gasteiger partial charge in [-0.05, 0) is 92.7 Å². The van der Waals surface area contributed by atoms with Crippen LogP contribution in [0.25, 0.3) is 34.4 Å². The van der Waals surface area contributed by atoms with Crippen LogP contribution in [0.3, 0.4) is 0 Å². The van der Waals surface area contributed by atoms with Gasteiger partial charge in [0.15, 0.2) is 0 Å². The van der Waals surface area contributed by atoms with Crippen molar-refractivity contribution in [1.29, 1.82) is 0 Å². The van der Waals surface area contributed by atoms with Crippen molar-refractivity contribution >= 4 is 12.2 Å². The van der Waals surface area contributed by atoms with Gasteiger partial charge < -0.3 is 0 Å². The fraction of sp³-hybridized carbons (Fsp3) is 0.333. The molecule has 0 N–H and O–H groups in total. The first-order chi connectivity index (χ1) is 20.1. The Morgan fingerprint density at radius 2 is 1.00 bits per heavy atom. The number of hydrogen-bond acceptors (Lipinski definition) is 0. The van der Waals surface area contributed by atoms with Crippen LogP contribution in [0.5, 0.6) is 0 Å². The van der Waals surface area contributed by atoms with Crippen LogP contribution in [0, 0.1) is 11.3 Å². The van der Waals surface area contributed by atoms with Crippen LogP contribution in [0.4, 0.5) is 0 Å². The Morgan fingerprint density at radius 3 is 1.40 bits per heavy atom. The maximum Gasteiger partial charge on any atom is 0.0108 e. The summed E-state index contributed by atoms with van der Waals surface area (Å²) in [4.78, 5) is 0. The second-order valence-corrected chi connectivity index (χ2v) is 13.9. The predicted octanol–water partition coefficient (Wildman–Crippen LogP) is 11.9. The van der Waals surface area contributed by atoms with E-state index in [2.05, 4.69) is 146 Å². The van der Waals surface area contributed by atoms with Crippen LogP contribution in [0.15, 0.2) is 96.1 Å². The van der Waals surface area contributed by atoms with Gasteiger partial charge in [-0.25, -0.2) is 0 Å². The number of allylic oxidation sites excluding steroid dienone is 2. The molecule has 214 valence electrons. The fourth-order valence-electron chi connectivity index (χ4n) is 7.36. The van der Waals surface area contributed by atoms with Crippen LogP contribution in [0.2, 0.25) is 0 Å². The van der Waals surface area contributed by atoms with E-state index in [-0.39, 0.29) is 5.41 Å². The van der Waals surface area contributed by atoms with Gasteiger partial charge in [0.2, 0.25) is 0 Å². The monoisotopic (exact) mass is 550 g/mol. The summed E-state index contributed by atoms with van der Waals surface area (Å²) in [5.74, 6) is 1.65. The van der Waals surface area contributed by atoms with Gasteiger partial charge in [-0.2, -0.15) is 0 Å². The molecular formula is C42H46. The number of benzene rings is 4. The third-order valence-corrected chi connectivity index (χ3v) is 9.75. The van der Waals surface area contributed by atoms with E-state index in [4.69, 9.17) is 0 Å². The maximum absolute atomic E-state index is 2.56. The molecule has 0 spiro atoms. The summed E-state index contributed by atoms with van der Waals surface area (Å²) in [7, 11) is 0. The Labute approximate surface area is 254 Å². The summed E-state index contributed by atoms with van der Waals surface area (Å²) < 4.78 is 0. The molecule has 0 heteroatoms. The lowest BCUT2D eigenvalue weighted by Gasteiger charge is -2.35. The van der Waals surface area contributed by atoms with Crippen LogP contribution >= 0.6 is 0 Å². The third kappa shape index (κ3) is 5.22. The zero-order valence-electron chi connectivity index (χ0n) is 26.6. The van der Waals surface area contributed by atoms with Gasteiger partial charge in [-0.3, -0.25) is 0 Å². The molecule has 4 aromatic carbocycles. The highest BCUT2D eigenvalue weighted by molar-refractivity contribution is 5.84.